The van der Waals surface area contributed by atoms with Gasteiger partial charge >= 0.3 is 0 Å². The zero-order valence-electron chi connectivity index (χ0n) is 11.7. The number of carbonyl (C=O) groups is 2. The van der Waals surface area contributed by atoms with Crippen molar-refractivity contribution in [2.24, 2.45) is 11.7 Å². The van der Waals surface area contributed by atoms with Crippen molar-refractivity contribution >= 4 is 28.2 Å². The van der Waals surface area contributed by atoms with Crippen LogP contribution in [0.4, 0.5) is 5.00 Å². The van der Waals surface area contributed by atoms with E-state index in [0.29, 0.717) is 12.1 Å². The van der Waals surface area contributed by atoms with Gasteiger partial charge in [-0.05, 0) is 31.2 Å². The predicted molar refractivity (Wildman–Crippen MR) is 79.9 cm³/mol. The molecule has 1 fully saturated rings. The summed E-state index contributed by atoms with van der Waals surface area (Å²) in [5, 5.41) is 10.2. The third-order valence-electron chi connectivity index (χ3n) is 4.29. The van der Waals surface area contributed by atoms with E-state index in [-0.39, 0.29) is 12.3 Å². The third-order valence-corrected chi connectivity index (χ3v) is 5.60. The lowest BCUT2D eigenvalue weighted by Crippen LogP contribution is -2.28. The van der Waals surface area contributed by atoms with Crippen molar-refractivity contribution < 1.29 is 9.59 Å². The molecule has 110 valence electrons. The second-order valence-corrected chi connectivity index (χ2v) is 6.75. The van der Waals surface area contributed by atoms with Crippen molar-refractivity contribution in [3.63, 3.8) is 0 Å². The first kappa shape index (κ1) is 14.1. The topological polar surface area (TPSA) is 87.2 Å². The van der Waals surface area contributed by atoms with E-state index in [4.69, 9.17) is 5.73 Å². The molecular weight excluding hydrogens is 286 g/mol. The van der Waals surface area contributed by atoms with E-state index in [1.165, 1.54) is 11.3 Å². The van der Waals surface area contributed by atoms with Crippen molar-refractivity contribution in [3.05, 3.63) is 16.0 Å². The zero-order valence-corrected chi connectivity index (χ0v) is 12.5. The van der Waals surface area contributed by atoms with Gasteiger partial charge in [-0.15, -0.1) is 11.3 Å². The van der Waals surface area contributed by atoms with Crippen LogP contribution in [0.15, 0.2) is 0 Å². The SMILES string of the molecule is N#Cc1c(N2CC(C(N)=O)CC2=O)sc2c1CCCCC2. The predicted octanol–water partition coefficient (Wildman–Crippen LogP) is 1.73. The number of primary amides is 1. The van der Waals surface area contributed by atoms with Crippen LogP contribution in [0.2, 0.25) is 0 Å². The highest BCUT2D eigenvalue weighted by atomic mass is 32.1. The number of nitrogens with two attached hydrogens (primary N) is 1. The molecule has 2 amide bonds. The summed E-state index contributed by atoms with van der Waals surface area (Å²) in [4.78, 5) is 26.3. The molecule has 2 heterocycles. The minimum Gasteiger partial charge on any atom is -0.369 e. The van der Waals surface area contributed by atoms with Gasteiger partial charge in [0, 0.05) is 17.8 Å². The Bertz CT molecular complexity index is 644. The van der Waals surface area contributed by atoms with Crippen LogP contribution in [0.1, 0.15) is 41.7 Å². The molecule has 1 saturated heterocycles. The maximum atomic E-state index is 12.2. The van der Waals surface area contributed by atoms with Crippen LogP contribution in [0.3, 0.4) is 0 Å². The molecule has 1 unspecified atom stereocenters. The molecule has 0 radical (unpaired) electrons. The number of rotatable bonds is 2. The van der Waals surface area contributed by atoms with Crippen LogP contribution in [0.5, 0.6) is 0 Å². The fraction of sp³-hybridized carbons (Fsp3) is 0.533. The average Bonchev–Trinajstić information content (AvgIpc) is 2.91. The molecule has 0 saturated carbocycles. The molecule has 2 N–H and O–H groups in total. The molecule has 1 aromatic heterocycles. The monoisotopic (exact) mass is 303 g/mol. The Balaban J connectivity index is 1.98. The summed E-state index contributed by atoms with van der Waals surface area (Å²) in [7, 11) is 0. The number of hydrogen-bond donors (Lipinski definition) is 1. The van der Waals surface area contributed by atoms with Gasteiger partial charge in [-0.25, -0.2) is 0 Å². The fourth-order valence-electron chi connectivity index (χ4n) is 3.13. The van der Waals surface area contributed by atoms with E-state index in [0.717, 1.165) is 36.2 Å². The second-order valence-electron chi connectivity index (χ2n) is 5.66. The largest absolute Gasteiger partial charge is 0.369 e. The molecule has 0 bridgehead atoms. The van der Waals surface area contributed by atoms with Gasteiger partial charge in [0.05, 0.1) is 11.5 Å². The summed E-state index contributed by atoms with van der Waals surface area (Å²) in [5.74, 6) is -0.986. The quantitative estimate of drug-likeness (QED) is 0.844. The number of carbonyl (C=O) groups excluding carboxylic acids is 2. The molecule has 0 aromatic carbocycles. The third kappa shape index (κ3) is 2.42. The normalized spacial score (nSPS) is 21.8. The number of hydrogen-bond acceptors (Lipinski definition) is 4. The highest BCUT2D eigenvalue weighted by Crippen LogP contribution is 2.41. The van der Waals surface area contributed by atoms with Gasteiger partial charge in [-0.3, -0.25) is 9.59 Å². The maximum absolute atomic E-state index is 12.2. The van der Waals surface area contributed by atoms with E-state index in [9.17, 15) is 14.9 Å². The van der Waals surface area contributed by atoms with Crippen molar-refractivity contribution in [2.75, 3.05) is 11.4 Å². The van der Waals surface area contributed by atoms with Gasteiger partial charge in [0.1, 0.15) is 11.1 Å². The molecule has 5 nitrogen and oxygen atoms in total. The molecule has 1 atom stereocenters. The summed E-state index contributed by atoms with van der Waals surface area (Å²) in [6.45, 7) is 0.308. The van der Waals surface area contributed by atoms with E-state index in [1.54, 1.807) is 16.2 Å². The Morgan fingerprint density at radius 1 is 1.33 bits per heavy atom. The summed E-state index contributed by atoms with van der Waals surface area (Å²) in [5.41, 5.74) is 7.06. The summed E-state index contributed by atoms with van der Waals surface area (Å²) < 4.78 is 0. The van der Waals surface area contributed by atoms with Gasteiger partial charge in [0.2, 0.25) is 11.8 Å². The highest BCUT2D eigenvalue weighted by molar-refractivity contribution is 7.16. The minimum atomic E-state index is -0.442. The molecule has 0 spiro atoms. The van der Waals surface area contributed by atoms with Crippen molar-refractivity contribution in [1.82, 2.24) is 0 Å². The second kappa shape index (κ2) is 5.49. The molecule has 1 aromatic rings. The van der Waals surface area contributed by atoms with E-state index >= 15 is 0 Å². The molecule has 21 heavy (non-hydrogen) atoms. The standard InChI is InChI=1S/C15H17N3O2S/c16-7-11-10-4-2-1-3-5-12(10)21-15(11)18-8-9(14(17)20)6-13(18)19/h9H,1-6,8H2,(H2,17,20). The average molecular weight is 303 g/mol. The van der Waals surface area contributed by atoms with Gasteiger partial charge in [-0.1, -0.05) is 6.42 Å². The summed E-state index contributed by atoms with van der Waals surface area (Å²) >= 11 is 1.55. The Hall–Kier alpha value is -1.87. The lowest BCUT2D eigenvalue weighted by atomic mass is 10.1. The molecule has 1 aliphatic heterocycles. The maximum Gasteiger partial charge on any atom is 0.228 e. The van der Waals surface area contributed by atoms with Crippen LogP contribution < -0.4 is 10.6 Å². The van der Waals surface area contributed by atoms with E-state index in [2.05, 4.69) is 6.07 Å². The lowest BCUT2D eigenvalue weighted by Gasteiger charge is -2.14. The van der Waals surface area contributed by atoms with Gasteiger partial charge < -0.3 is 10.6 Å². The number of aryl methyl sites for hydroxylation is 1. The number of nitriles is 1. The summed E-state index contributed by atoms with van der Waals surface area (Å²) in [6.07, 6.45) is 5.47. The minimum absolute atomic E-state index is 0.105. The number of thiophene rings is 1. The molecular formula is C15H17N3O2S. The zero-order chi connectivity index (χ0) is 15.0. The van der Waals surface area contributed by atoms with Crippen LogP contribution in [-0.4, -0.2) is 18.4 Å². The summed E-state index contributed by atoms with van der Waals surface area (Å²) in [6, 6.07) is 2.27. The van der Waals surface area contributed by atoms with Gasteiger partial charge in [0.15, 0.2) is 0 Å². The van der Waals surface area contributed by atoms with Crippen molar-refractivity contribution in [3.8, 4) is 6.07 Å². The Labute approximate surface area is 127 Å². The van der Waals surface area contributed by atoms with Gasteiger partial charge in [0.25, 0.3) is 0 Å². The Morgan fingerprint density at radius 3 is 2.76 bits per heavy atom. The van der Waals surface area contributed by atoms with Crippen LogP contribution in [0, 0.1) is 17.2 Å². The number of amides is 2. The van der Waals surface area contributed by atoms with Crippen molar-refractivity contribution in [1.29, 1.82) is 5.26 Å². The molecule has 6 heteroatoms. The number of nitrogens with zero attached hydrogens (tertiary/aromatic N) is 2. The van der Waals surface area contributed by atoms with Crippen LogP contribution in [-0.2, 0) is 22.4 Å². The number of anilines is 1. The number of fused-ring (bicyclic) bond motifs is 1. The molecule has 2 aliphatic rings. The van der Waals surface area contributed by atoms with Crippen LogP contribution in [0.25, 0.3) is 0 Å². The van der Waals surface area contributed by atoms with E-state index < -0.39 is 11.8 Å². The Morgan fingerprint density at radius 2 is 2.10 bits per heavy atom. The van der Waals surface area contributed by atoms with Gasteiger partial charge in [-0.2, -0.15) is 5.26 Å². The fourth-order valence-corrected chi connectivity index (χ4v) is 4.49. The molecule has 1 aliphatic carbocycles. The first-order chi connectivity index (χ1) is 10.1. The molecule has 3 rings (SSSR count). The highest BCUT2D eigenvalue weighted by Gasteiger charge is 2.37. The lowest BCUT2D eigenvalue weighted by molar-refractivity contribution is -0.123. The first-order valence-corrected chi connectivity index (χ1v) is 8.07. The Kier molecular flexibility index (Phi) is 3.68. The smallest absolute Gasteiger partial charge is 0.228 e. The van der Waals surface area contributed by atoms with Crippen molar-refractivity contribution in [2.45, 2.75) is 38.5 Å². The first-order valence-electron chi connectivity index (χ1n) is 7.26. The van der Waals surface area contributed by atoms with E-state index in [1.807, 2.05) is 0 Å². The van der Waals surface area contributed by atoms with Crippen LogP contribution >= 0.6 is 11.3 Å².